The van der Waals surface area contributed by atoms with Crippen LogP contribution in [0.5, 0.6) is 0 Å². The molecule has 0 radical (unpaired) electrons. The number of hydrogen-bond acceptors (Lipinski definition) is 4. The monoisotopic (exact) mass is 274 g/mol. The third-order valence-electron chi connectivity index (χ3n) is 4.66. The minimum Gasteiger partial charge on any atom is -0.366 e. The number of pyridine rings is 1. The van der Waals surface area contributed by atoms with Crippen LogP contribution >= 0.6 is 0 Å². The maximum atomic E-state index is 11.0. The summed E-state index contributed by atoms with van der Waals surface area (Å²) in [5.41, 5.74) is 5.70. The molecule has 2 aliphatic heterocycles. The first-order valence-corrected chi connectivity index (χ1v) is 7.45. The van der Waals surface area contributed by atoms with Crippen molar-refractivity contribution >= 4 is 11.7 Å². The standard InChI is InChI=1S/C15H22N4O/c16-15(20)13-1-2-14(18-10-13)19-7-4-11(5-8-19)12-3-6-17-9-12/h1-2,10-12,17H,3-9H2,(H2,16,20)/t12-/m1/s1. The number of carbonyl (C=O) groups is 1. The lowest BCUT2D eigenvalue weighted by Gasteiger charge is -2.35. The van der Waals surface area contributed by atoms with Gasteiger partial charge in [0.15, 0.2) is 0 Å². The molecule has 108 valence electrons. The molecular formula is C15H22N4O. The van der Waals surface area contributed by atoms with Gasteiger partial charge in [0.1, 0.15) is 5.82 Å². The van der Waals surface area contributed by atoms with Gasteiger partial charge in [-0.3, -0.25) is 4.79 Å². The van der Waals surface area contributed by atoms with Crippen LogP contribution in [-0.4, -0.2) is 37.1 Å². The van der Waals surface area contributed by atoms with Gasteiger partial charge >= 0.3 is 0 Å². The Hall–Kier alpha value is -1.62. The van der Waals surface area contributed by atoms with E-state index in [1.807, 2.05) is 6.07 Å². The van der Waals surface area contributed by atoms with Gasteiger partial charge in [-0.2, -0.15) is 0 Å². The highest BCUT2D eigenvalue weighted by atomic mass is 16.1. The zero-order chi connectivity index (χ0) is 13.9. The van der Waals surface area contributed by atoms with Crippen molar-refractivity contribution in [1.29, 1.82) is 0 Å². The molecule has 0 saturated carbocycles. The van der Waals surface area contributed by atoms with Gasteiger partial charge < -0.3 is 16.0 Å². The summed E-state index contributed by atoms with van der Waals surface area (Å²) in [5, 5.41) is 3.46. The van der Waals surface area contributed by atoms with E-state index < -0.39 is 5.91 Å². The summed E-state index contributed by atoms with van der Waals surface area (Å²) in [6.07, 6.45) is 5.39. The zero-order valence-corrected chi connectivity index (χ0v) is 11.7. The minimum atomic E-state index is -0.420. The fourth-order valence-corrected chi connectivity index (χ4v) is 3.40. The van der Waals surface area contributed by atoms with Crippen LogP contribution in [0.2, 0.25) is 0 Å². The number of carbonyl (C=O) groups excluding carboxylic acids is 1. The molecule has 5 nitrogen and oxygen atoms in total. The molecule has 1 amide bonds. The molecule has 20 heavy (non-hydrogen) atoms. The maximum absolute atomic E-state index is 11.0. The van der Waals surface area contributed by atoms with Gasteiger partial charge in [0.05, 0.1) is 5.56 Å². The molecule has 3 N–H and O–H groups in total. The molecule has 0 aliphatic carbocycles. The van der Waals surface area contributed by atoms with Crippen molar-refractivity contribution < 1.29 is 4.79 Å². The smallest absolute Gasteiger partial charge is 0.250 e. The second-order valence-electron chi connectivity index (χ2n) is 5.85. The molecule has 2 fully saturated rings. The van der Waals surface area contributed by atoms with Gasteiger partial charge in [0, 0.05) is 19.3 Å². The summed E-state index contributed by atoms with van der Waals surface area (Å²) in [6, 6.07) is 3.66. The number of aromatic nitrogens is 1. The Bertz CT molecular complexity index is 459. The lowest BCUT2D eigenvalue weighted by molar-refractivity contribution is 0.1000. The van der Waals surface area contributed by atoms with E-state index in [4.69, 9.17) is 5.73 Å². The fraction of sp³-hybridized carbons (Fsp3) is 0.600. The largest absolute Gasteiger partial charge is 0.366 e. The van der Waals surface area contributed by atoms with E-state index in [1.54, 1.807) is 12.3 Å². The van der Waals surface area contributed by atoms with Crippen LogP contribution < -0.4 is 16.0 Å². The Morgan fingerprint density at radius 2 is 2.05 bits per heavy atom. The van der Waals surface area contributed by atoms with Crippen LogP contribution in [0.1, 0.15) is 29.6 Å². The van der Waals surface area contributed by atoms with Crippen molar-refractivity contribution in [3.05, 3.63) is 23.9 Å². The predicted molar refractivity (Wildman–Crippen MR) is 78.7 cm³/mol. The number of nitrogens with two attached hydrogens (primary N) is 1. The number of nitrogens with zero attached hydrogens (tertiary/aromatic N) is 2. The Morgan fingerprint density at radius 3 is 2.60 bits per heavy atom. The summed E-state index contributed by atoms with van der Waals surface area (Å²) in [6.45, 7) is 4.49. The summed E-state index contributed by atoms with van der Waals surface area (Å²) < 4.78 is 0. The van der Waals surface area contributed by atoms with Crippen LogP contribution in [0.3, 0.4) is 0 Å². The molecule has 1 atom stereocenters. The highest BCUT2D eigenvalue weighted by molar-refractivity contribution is 5.92. The minimum absolute atomic E-state index is 0.420. The third-order valence-corrected chi connectivity index (χ3v) is 4.66. The van der Waals surface area contributed by atoms with Crippen molar-refractivity contribution in [1.82, 2.24) is 10.3 Å². The molecule has 5 heteroatoms. The number of nitrogens with one attached hydrogen (secondary N) is 1. The van der Waals surface area contributed by atoms with Crippen molar-refractivity contribution in [2.24, 2.45) is 17.6 Å². The second-order valence-corrected chi connectivity index (χ2v) is 5.85. The Morgan fingerprint density at radius 1 is 1.25 bits per heavy atom. The number of anilines is 1. The zero-order valence-electron chi connectivity index (χ0n) is 11.7. The maximum Gasteiger partial charge on any atom is 0.250 e. The highest BCUT2D eigenvalue weighted by Crippen LogP contribution is 2.30. The topological polar surface area (TPSA) is 71.2 Å². The Labute approximate surface area is 119 Å². The third kappa shape index (κ3) is 2.77. The number of amides is 1. The number of piperidine rings is 1. The van der Waals surface area contributed by atoms with Crippen molar-refractivity contribution in [2.45, 2.75) is 19.3 Å². The molecule has 3 heterocycles. The number of rotatable bonds is 3. The van der Waals surface area contributed by atoms with Gasteiger partial charge in [-0.25, -0.2) is 4.98 Å². The lowest BCUT2D eigenvalue weighted by atomic mass is 9.84. The number of primary amides is 1. The van der Waals surface area contributed by atoms with Gasteiger partial charge in [0.25, 0.3) is 0 Å². The first kappa shape index (κ1) is 13.4. The molecule has 1 aromatic rings. The average Bonchev–Trinajstić information content (AvgIpc) is 3.02. The second kappa shape index (κ2) is 5.79. The van der Waals surface area contributed by atoms with E-state index in [1.165, 1.54) is 32.4 Å². The van der Waals surface area contributed by atoms with Gasteiger partial charge in [-0.05, 0) is 56.3 Å². The highest BCUT2D eigenvalue weighted by Gasteiger charge is 2.28. The van der Waals surface area contributed by atoms with Gasteiger partial charge in [-0.1, -0.05) is 0 Å². The summed E-state index contributed by atoms with van der Waals surface area (Å²) in [5.74, 6) is 2.25. The SMILES string of the molecule is NC(=O)c1ccc(N2CCC([C@@H]3CCNC3)CC2)nc1. The summed E-state index contributed by atoms with van der Waals surface area (Å²) >= 11 is 0. The lowest BCUT2D eigenvalue weighted by Crippen LogP contribution is -2.37. The van der Waals surface area contributed by atoms with Crippen LogP contribution in [0.15, 0.2) is 18.3 Å². The fourth-order valence-electron chi connectivity index (χ4n) is 3.40. The van der Waals surface area contributed by atoms with E-state index in [0.717, 1.165) is 30.7 Å². The van der Waals surface area contributed by atoms with Crippen LogP contribution in [0.25, 0.3) is 0 Å². The molecule has 0 aromatic carbocycles. The molecule has 1 aromatic heterocycles. The summed E-state index contributed by atoms with van der Waals surface area (Å²) in [7, 11) is 0. The van der Waals surface area contributed by atoms with E-state index in [2.05, 4.69) is 15.2 Å². The van der Waals surface area contributed by atoms with Crippen LogP contribution in [0, 0.1) is 11.8 Å². The first-order chi connectivity index (χ1) is 9.74. The molecule has 3 rings (SSSR count). The first-order valence-electron chi connectivity index (χ1n) is 7.45. The number of hydrogen-bond donors (Lipinski definition) is 2. The van der Waals surface area contributed by atoms with E-state index in [0.29, 0.717) is 5.56 Å². The predicted octanol–water partition coefficient (Wildman–Crippen LogP) is 1.01. The van der Waals surface area contributed by atoms with E-state index in [-0.39, 0.29) is 0 Å². The Kier molecular flexibility index (Phi) is 3.87. The molecule has 0 bridgehead atoms. The van der Waals surface area contributed by atoms with Crippen molar-refractivity contribution in [3.8, 4) is 0 Å². The molecule has 0 unspecified atom stereocenters. The molecule has 2 aliphatic rings. The molecule has 2 saturated heterocycles. The van der Waals surface area contributed by atoms with Gasteiger partial charge in [-0.15, -0.1) is 0 Å². The quantitative estimate of drug-likeness (QED) is 0.863. The average molecular weight is 274 g/mol. The van der Waals surface area contributed by atoms with E-state index in [9.17, 15) is 4.79 Å². The van der Waals surface area contributed by atoms with Crippen molar-refractivity contribution in [3.63, 3.8) is 0 Å². The van der Waals surface area contributed by atoms with Crippen LogP contribution in [0.4, 0.5) is 5.82 Å². The van der Waals surface area contributed by atoms with Crippen LogP contribution in [-0.2, 0) is 0 Å². The van der Waals surface area contributed by atoms with Crippen molar-refractivity contribution in [2.75, 3.05) is 31.1 Å². The normalized spacial score (nSPS) is 24.0. The van der Waals surface area contributed by atoms with E-state index >= 15 is 0 Å². The van der Waals surface area contributed by atoms with Gasteiger partial charge in [0.2, 0.25) is 5.91 Å². The molecular weight excluding hydrogens is 252 g/mol. The Balaban J connectivity index is 1.58. The molecule has 0 spiro atoms. The summed E-state index contributed by atoms with van der Waals surface area (Å²) in [4.78, 5) is 17.7.